The van der Waals surface area contributed by atoms with Crippen molar-refractivity contribution >= 4 is 32.3 Å². The fourth-order valence-electron chi connectivity index (χ4n) is 9.48. The van der Waals surface area contributed by atoms with Crippen LogP contribution >= 0.6 is 0 Å². The molecule has 0 atom stereocenters. The molecule has 0 fully saturated rings. The van der Waals surface area contributed by atoms with E-state index in [2.05, 4.69) is 218 Å². The molecule has 0 spiro atoms. The van der Waals surface area contributed by atoms with Crippen LogP contribution in [0.5, 0.6) is 0 Å². The first kappa shape index (κ1) is 31.5. The molecule has 0 bridgehead atoms. The minimum Gasteiger partial charge on any atom is -0.0622 e. The summed E-state index contributed by atoms with van der Waals surface area (Å²) >= 11 is 0. The summed E-state index contributed by atoms with van der Waals surface area (Å²) in [6, 6.07) is 81.1. The first-order valence-corrected chi connectivity index (χ1v) is 19.2. The minimum absolute atomic E-state index is 0.638. The third-order valence-electron chi connectivity index (χ3n) is 11.9. The number of hydrogen-bond acceptors (Lipinski definition) is 0. The van der Waals surface area contributed by atoms with Crippen molar-refractivity contribution in [2.75, 3.05) is 0 Å². The second-order valence-corrected chi connectivity index (χ2v) is 14.8. The second-order valence-electron chi connectivity index (χ2n) is 14.8. The first-order valence-electron chi connectivity index (χ1n) is 19.2. The molecule has 1 aliphatic carbocycles. The topological polar surface area (TPSA) is 0 Å². The van der Waals surface area contributed by atoms with Gasteiger partial charge in [-0.2, -0.15) is 0 Å². The molecule has 0 aromatic heterocycles. The highest BCUT2D eigenvalue weighted by atomic mass is 14.5. The minimum atomic E-state index is -0.638. The van der Waals surface area contributed by atoms with Crippen LogP contribution in [-0.2, 0) is 5.41 Å². The van der Waals surface area contributed by atoms with Crippen LogP contribution in [0.15, 0.2) is 218 Å². The standard InChI is InChI=1S/C55H36/c1-5-17-37(18-6-1)41-31-42(38-19-7-2-8-20-38)34-45(33-41)55(46-35-43(39-21-9-3-10-22-39)32-44(36-46)40-23-11-4-12-24-40)51-29-15-27-49-47-25-13-14-26-48(47)50-28-16-30-52(55)54(50)53(49)51/h1-36H. The van der Waals surface area contributed by atoms with E-state index in [1.165, 1.54) is 99.1 Å². The van der Waals surface area contributed by atoms with E-state index < -0.39 is 5.41 Å². The molecule has 0 heterocycles. The lowest BCUT2D eigenvalue weighted by Crippen LogP contribution is -2.29. The Bertz CT molecular complexity index is 2720. The molecule has 0 saturated heterocycles. The maximum absolute atomic E-state index is 2.47. The summed E-state index contributed by atoms with van der Waals surface area (Å²) in [6.45, 7) is 0. The Morgan fingerprint density at radius 2 is 0.509 bits per heavy atom. The zero-order valence-electron chi connectivity index (χ0n) is 30.3. The van der Waals surface area contributed by atoms with Crippen molar-refractivity contribution in [3.63, 3.8) is 0 Å². The van der Waals surface area contributed by atoms with E-state index >= 15 is 0 Å². The molecule has 256 valence electrons. The predicted molar refractivity (Wildman–Crippen MR) is 233 cm³/mol. The van der Waals surface area contributed by atoms with Crippen LogP contribution in [-0.4, -0.2) is 0 Å². The van der Waals surface area contributed by atoms with Crippen molar-refractivity contribution < 1.29 is 0 Å². The lowest BCUT2D eigenvalue weighted by atomic mass is 9.65. The van der Waals surface area contributed by atoms with E-state index in [1.807, 2.05) is 0 Å². The van der Waals surface area contributed by atoms with E-state index in [9.17, 15) is 0 Å². The zero-order valence-corrected chi connectivity index (χ0v) is 30.3. The summed E-state index contributed by atoms with van der Waals surface area (Å²) < 4.78 is 0. The summed E-state index contributed by atoms with van der Waals surface area (Å²) in [6.07, 6.45) is 0. The van der Waals surface area contributed by atoms with Gasteiger partial charge in [-0.05, 0) is 135 Å². The molecule has 10 aromatic carbocycles. The average Bonchev–Trinajstić information content (AvgIpc) is 3.59. The molecule has 0 heteroatoms. The molecule has 1 aliphatic rings. The third kappa shape index (κ3) is 4.85. The molecule has 10 aromatic rings. The van der Waals surface area contributed by atoms with Gasteiger partial charge < -0.3 is 0 Å². The fraction of sp³-hybridized carbons (Fsp3) is 0.0182. The SMILES string of the molecule is c1ccc(-c2cc(-c3ccccc3)cc(C3(c4cc(-c5ccccc5)cc(-c5ccccc5)c4)c4cccc5c6ccccc6c6cccc3c6c45)c2)cc1. The van der Waals surface area contributed by atoms with Gasteiger partial charge in [-0.1, -0.05) is 182 Å². The van der Waals surface area contributed by atoms with Crippen LogP contribution in [0, 0.1) is 0 Å². The highest BCUT2D eigenvalue weighted by Crippen LogP contribution is 2.58. The summed E-state index contributed by atoms with van der Waals surface area (Å²) in [4.78, 5) is 0. The van der Waals surface area contributed by atoms with E-state index in [0.717, 1.165) is 0 Å². The lowest BCUT2D eigenvalue weighted by Gasteiger charge is -2.36. The van der Waals surface area contributed by atoms with Gasteiger partial charge in [-0.15, -0.1) is 0 Å². The predicted octanol–water partition coefficient (Wildman–Crippen LogP) is 14.5. The van der Waals surface area contributed by atoms with Gasteiger partial charge in [-0.3, -0.25) is 0 Å². The summed E-state index contributed by atoms with van der Waals surface area (Å²) in [5, 5.41) is 7.91. The Kier molecular flexibility index (Phi) is 7.19. The highest BCUT2D eigenvalue weighted by Gasteiger charge is 2.46. The summed E-state index contributed by atoms with van der Waals surface area (Å²) in [5.41, 5.74) is 14.2. The summed E-state index contributed by atoms with van der Waals surface area (Å²) in [7, 11) is 0. The number of rotatable bonds is 6. The van der Waals surface area contributed by atoms with Gasteiger partial charge in [0.15, 0.2) is 0 Å². The normalized spacial score (nSPS) is 12.9. The molecule has 0 aliphatic heterocycles. The largest absolute Gasteiger partial charge is 0.0714 e. The molecule has 55 heavy (non-hydrogen) atoms. The Balaban J connectivity index is 1.34. The first-order chi connectivity index (χ1) is 27.3. The van der Waals surface area contributed by atoms with E-state index in [-0.39, 0.29) is 0 Å². The molecule has 0 amide bonds. The van der Waals surface area contributed by atoms with Gasteiger partial charge in [0, 0.05) is 0 Å². The molecule has 0 N–H and O–H groups in total. The Morgan fingerprint density at radius 1 is 0.218 bits per heavy atom. The molecule has 0 saturated carbocycles. The van der Waals surface area contributed by atoms with Gasteiger partial charge in [0.1, 0.15) is 0 Å². The van der Waals surface area contributed by atoms with Crippen molar-refractivity contribution in [2.24, 2.45) is 0 Å². The third-order valence-corrected chi connectivity index (χ3v) is 11.9. The quantitative estimate of drug-likeness (QED) is 0.152. The van der Waals surface area contributed by atoms with Crippen LogP contribution in [0.3, 0.4) is 0 Å². The van der Waals surface area contributed by atoms with E-state index in [0.29, 0.717) is 0 Å². The van der Waals surface area contributed by atoms with Crippen LogP contribution in [0.4, 0.5) is 0 Å². The smallest absolute Gasteiger partial charge is 0.0622 e. The fourth-order valence-corrected chi connectivity index (χ4v) is 9.48. The molecule has 0 radical (unpaired) electrons. The van der Waals surface area contributed by atoms with Crippen LogP contribution < -0.4 is 0 Å². The summed E-state index contributed by atoms with van der Waals surface area (Å²) in [5.74, 6) is 0. The van der Waals surface area contributed by atoms with Crippen molar-refractivity contribution in [1.29, 1.82) is 0 Å². The average molecular weight is 697 g/mol. The van der Waals surface area contributed by atoms with Gasteiger partial charge in [-0.25, -0.2) is 0 Å². The van der Waals surface area contributed by atoms with Crippen molar-refractivity contribution in [3.8, 4) is 44.5 Å². The van der Waals surface area contributed by atoms with Crippen LogP contribution in [0.2, 0.25) is 0 Å². The Morgan fingerprint density at radius 3 is 0.836 bits per heavy atom. The maximum Gasteiger partial charge on any atom is 0.0714 e. The van der Waals surface area contributed by atoms with Gasteiger partial charge in [0.05, 0.1) is 5.41 Å². The Hall–Kier alpha value is -7.02. The lowest BCUT2D eigenvalue weighted by molar-refractivity contribution is 0.773. The molecule has 0 nitrogen and oxygen atoms in total. The molecule has 0 unspecified atom stereocenters. The van der Waals surface area contributed by atoms with Crippen LogP contribution in [0.1, 0.15) is 22.3 Å². The van der Waals surface area contributed by atoms with Crippen molar-refractivity contribution in [3.05, 3.63) is 241 Å². The maximum atomic E-state index is 2.47. The van der Waals surface area contributed by atoms with Crippen molar-refractivity contribution in [2.45, 2.75) is 5.41 Å². The van der Waals surface area contributed by atoms with Crippen molar-refractivity contribution in [1.82, 2.24) is 0 Å². The van der Waals surface area contributed by atoms with E-state index in [4.69, 9.17) is 0 Å². The zero-order chi connectivity index (χ0) is 36.3. The Labute approximate surface area is 321 Å². The molecular formula is C55H36. The van der Waals surface area contributed by atoms with Crippen LogP contribution in [0.25, 0.3) is 76.8 Å². The second kappa shape index (κ2) is 12.5. The highest BCUT2D eigenvalue weighted by molar-refractivity contribution is 6.29. The number of benzene rings is 10. The van der Waals surface area contributed by atoms with Gasteiger partial charge in [0.25, 0.3) is 0 Å². The number of fused-ring (bicyclic) bond motifs is 3. The van der Waals surface area contributed by atoms with Gasteiger partial charge >= 0.3 is 0 Å². The molecule has 11 rings (SSSR count). The number of hydrogen-bond donors (Lipinski definition) is 0. The monoisotopic (exact) mass is 696 g/mol. The van der Waals surface area contributed by atoms with Gasteiger partial charge in [0.2, 0.25) is 0 Å². The molecular weight excluding hydrogens is 661 g/mol. The van der Waals surface area contributed by atoms with E-state index in [1.54, 1.807) is 0 Å².